The summed E-state index contributed by atoms with van der Waals surface area (Å²) >= 11 is 4.72. The van der Waals surface area contributed by atoms with E-state index in [0.717, 1.165) is 10.7 Å². The third kappa shape index (κ3) is 2.04. The maximum Gasteiger partial charge on any atom is 0.169 e. The molecular weight excluding hydrogens is 288 g/mol. The highest BCUT2D eigenvalue weighted by Crippen LogP contribution is 2.31. The first-order valence-corrected chi connectivity index (χ1v) is 6.33. The second-order valence-electron chi connectivity index (χ2n) is 3.88. The molecule has 0 fully saturated rings. The quantitative estimate of drug-likeness (QED) is 0.842. The third-order valence-corrected chi connectivity index (χ3v) is 3.74. The molecule has 5 heteroatoms. The van der Waals surface area contributed by atoms with Crippen LogP contribution in [-0.4, -0.2) is 4.98 Å². The topological polar surface area (TPSA) is 49.8 Å². The molecule has 2 aromatic rings. The summed E-state index contributed by atoms with van der Waals surface area (Å²) in [6, 6.07) is 5.91. The van der Waals surface area contributed by atoms with E-state index in [-0.39, 0.29) is 0 Å². The predicted molar refractivity (Wildman–Crippen MR) is 66.2 cm³/mol. The standard InChI is InChI=1S/C11H9BrN2OS/c1-11(2,6-13)10-14-7(5-16-10)8-3-4-9(12)15-8/h3-5H,1-2H3. The van der Waals surface area contributed by atoms with Gasteiger partial charge >= 0.3 is 0 Å². The largest absolute Gasteiger partial charge is 0.448 e. The average Bonchev–Trinajstić information content (AvgIpc) is 2.85. The summed E-state index contributed by atoms with van der Waals surface area (Å²) in [5.74, 6) is 0.711. The molecule has 0 radical (unpaired) electrons. The molecule has 0 saturated heterocycles. The molecule has 0 aliphatic heterocycles. The molecule has 0 saturated carbocycles. The molecule has 0 atom stereocenters. The lowest BCUT2D eigenvalue weighted by molar-refractivity contribution is 0.553. The smallest absolute Gasteiger partial charge is 0.169 e. The van der Waals surface area contributed by atoms with E-state index in [0.29, 0.717) is 10.4 Å². The first kappa shape index (κ1) is 11.4. The van der Waals surface area contributed by atoms with Gasteiger partial charge in [-0.2, -0.15) is 5.26 Å². The van der Waals surface area contributed by atoms with Crippen LogP contribution in [0.2, 0.25) is 0 Å². The molecule has 2 heterocycles. The van der Waals surface area contributed by atoms with Gasteiger partial charge in [-0.25, -0.2) is 4.98 Å². The van der Waals surface area contributed by atoms with Gasteiger partial charge in [-0.1, -0.05) is 0 Å². The molecule has 3 nitrogen and oxygen atoms in total. The van der Waals surface area contributed by atoms with Crippen molar-refractivity contribution in [3.05, 3.63) is 27.2 Å². The molecule has 0 spiro atoms. The van der Waals surface area contributed by atoms with Crippen LogP contribution in [0.3, 0.4) is 0 Å². The lowest BCUT2D eigenvalue weighted by Gasteiger charge is -2.09. The first-order chi connectivity index (χ1) is 7.53. The maximum atomic E-state index is 9.02. The van der Waals surface area contributed by atoms with E-state index in [1.807, 2.05) is 31.4 Å². The number of halogens is 1. The number of hydrogen-bond donors (Lipinski definition) is 0. The van der Waals surface area contributed by atoms with Crippen LogP contribution < -0.4 is 0 Å². The minimum atomic E-state index is -0.549. The van der Waals surface area contributed by atoms with Crippen LogP contribution in [0.5, 0.6) is 0 Å². The van der Waals surface area contributed by atoms with Gasteiger partial charge in [0.05, 0.1) is 6.07 Å². The monoisotopic (exact) mass is 296 g/mol. The highest BCUT2D eigenvalue weighted by atomic mass is 79.9. The molecule has 2 aromatic heterocycles. The lowest BCUT2D eigenvalue weighted by Crippen LogP contribution is -2.13. The Hall–Kier alpha value is -1.12. The number of thiazole rings is 1. The van der Waals surface area contributed by atoms with Gasteiger partial charge in [0, 0.05) is 5.38 Å². The first-order valence-electron chi connectivity index (χ1n) is 4.66. The number of rotatable bonds is 2. The van der Waals surface area contributed by atoms with Crippen molar-refractivity contribution in [3.8, 4) is 17.5 Å². The summed E-state index contributed by atoms with van der Waals surface area (Å²) < 4.78 is 6.08. The number of furan rings is 1. The molecule has 0 unspecified atom stereocenters. The lowest BCUT2D eigenvalue weighted by atomic mass is 9.97. The van der Waals surface area contributed by atoms with E-state index in [4.69, 9.17) is 9.68 Å². The molecule has 2 rings (SSSR count). The Balaban J connectivity index is 2.38. The zero-order valence-electron chi connectivity index (χ0n) is 8.82. The Bertz CT molecular complexity index is 550. The molecule has 82 valence electrons. The fourth-order valence-corrected chi connectivity index (χ4v) is 2.36. The fraction of sp³-hybridized carbons (Fsp3) is 0.273. The minimum absolute atomic E-state index is 0.549. The maximum absolute atomic E-state index is 9.02. The second kappa shape index (κ2) is 4.04. The van der Waals surface area contributed by atoms with Crippen molar-refractivity contribution in [2.75, 3.05) is 0 Å². The summed E-state index contributed by atoms with van der Waals surface area (Å²) in [5, 5.41) is 11.7. The van der Waals surface area contributed by atoms with E-state index in [9.17, 15) is 0 Å². The number of hydrogen-bond acceptors (Lipinski definition) is 4. The van der Waals surface area contributed by atoms with Crippen molar-refractivity contribution in [1.82, 2.24) is 4.98 Å². The molecule has 0 aromatic carbocycles. The Morgan fingerprint density at radius 1 is 1.50 bits per heavy atom. The third-order valence-electron chi connectivity index (χ3n) is 2.14. The van der Waals surface area contributed by atoms with Gasteiger partial charge in [0.25, 0.3) is 0 Å². The Kier molecular flexibility index (Phi) is 2.87. The van der Waals surface area contributed by atoms with Crippen LogP contribution in [0, 0.1) is 11.3 Å². The summed E-state index contributed by atoms with van der Waals surface area (Å²) in [6.45, 7) is 3.71. The number of aromatic nitrogens is 1. The van der Waals surface area contributed by atoms with E-state index >= 15 is 0 Å². The minimum Gasteiger partial charge on any atom is -0.448 e. The summed E-state index contributed by atoms with van der Waals surface area (Å²) in [7, 11) is 0. The van der Waals surface area contributed by atoms with Gasteiger partial charge in [0.15, 0.2) is 10.4 Å². The highest BCUT2D eigenvalue weighted by molar-refractivity contribution is 9.10. The van der Waals surface area contributed by atoms with E-state index in [1.165, 1.54) is 11.3 Å². The zero-order valence-corrected chi connectivity index (χ0v) is 11.2. The molecule has 0 N–H and O–H groups in total. The summed E-state index contributed by atoms with van der Waals surface area (Å²) in [4.78, 5) is 4.42. The van der Waals surface area contributed by atoms with Crippen LogP contribution in [0.1, 0.15) is 18.9 Å². The van der Waals surface area contributed by atoms with Crippen molar-refractivity contribution in [3.63, 3.8) is 0 Å². The molecule has 0 aliphatic carbocycles. The average molecular weight is 297 g/mol. The second-order valence-corrected chi connectivity index (χ2v) is 5.52. The molecule has 0 aliphatic rings. The van der Waals surface area contributed by atoms with Crippen molar-refractivity contribution in [2.24, 2.45) is 0 Å². The highest BCUT2D eigenvalue weighted by Gasteiger charge is 2.24. The van der Waals surface area contributed by atoms with Crippen LogP contribution in [0.4, 0.5) is 0 Å². The van der Waals surface area contributed by atoms with Crippen LogP contribution in [0.25, 0.3) is 11.5 Å². The van der Waals surface area contributed by atoms with Crippen LogP contribution in [-0.2, 0) is 5.41 Å². The zero-order chi connectivity index (χ0) is 11.8. The van der Waals surface area contributed by atoms with Crippen LogP contribution >= 0.6 is 27.3 Å². The van der Waals surface area contributed by atoms with Gasteiger partial charge < -0.3 is 4.42 Å². The normalized spacial score (nSPS) is 11.4. The predicted octanol–water partition coefficient (Wildman–Crippen LogP) is 3.97. The van der Waals surface area contributed by atoms with E-state index in [1.54, 1.807) is 0 Å². The molecular formula is C11H9BrN2OS. The molecule has 0 bridgehead atoms. The summed E-state index contributed by atoms with van der Waals surface area (Å²) in [5.41, 5.74) is 0.223. The Morgan fingerprint density at radius 2 is 2.25 bits per heavy atom. The van der Waals surface area contributed by atoms with Gasteiger partial charge in [-0.3, -0.25) is 0 Å². The van der Waals surface area contributed by atoms with E-state index < -0.39 is 5.41 Å². The Morgan fingerprint density at radius 3 is 2.81 bits per heavy atom. The number of nitrogens with zero attached hydrogens (tertiary/aromatic N) is 2. The van der Waals surface area contributed by atoms with Gasteiger partial charge in [-0.05, 0) is 41.9 Å². The summed E-state index contributed by atoms with van der Waals surface area (Å²) in [6.07, 6.45) is 0. The van der Waals surface area contributed by atoms with Crippen molar-refractivity contribution < 1.29 is 4.42 Å². The van der Waals surface area contributed by atoms with Crippen molar-refractivity contribution in [1.29, 1.82) is 5.26 Å². The van der Waals surface area contributed by atoms with Crippen molar-refractivity contribution in [2.45, 2.75) is 19.3 Å². The van der Waals surface area contributed by atoms with E-state index in [2.05, 4.69) is 27.0 Å². The molecule has 16 heavy (non-hydrogen) atoms. The van der Waals surface area contributed by atoms with Crippen LogP contribution in [0.15, 0.2) is 26.6 Å². The SMILES string of the molecule is CC(C)(C#N)c1nc(-c2ccc(Br)o2)cs1. The number of nitriles is 1. The van der Waals surface area contributed by atoms with Gasteiger partial charge in [0.1, 0.15) is 16.1 Å². The van der Waals surface area contributed by atoms with Crippen molar-refractivity contribution >= 4 is 27.3 Å². The van der Waals surface area contributed by atoms with Gasteiger partial charge in [0.2, 0.25) is 0 Å². The fourth-order valence-electron chi connectivity index (χ4n) is 1.17. The van der Waals surface area contributed by atoms with Gasteiger partial charge in [-0.15, -0.1) is 11.3 Å². The molecule has 0 amide bonds. The Labute approximate surface area is 106 Å².